The van der Waals surface area contributed by atoms with Crippen molar-refractivity contribution in [2.75, 3.05) is 13.1 Å². The molecule has 2 rings (SSSR count). The van der Waals surface area contributed by atoms with E-state index >= 15 is 0 Å². The molecule has 0 radical (unpaired) electrons. The van der Waals surface area contributed by atoms with Gasteiger partial charge in [-0.05, 0) is 37.1 Å². The Labute approximate surface area is 89.1 Å². The van der Waals surface area contributed by atoms with E-state index in [0.717, 1.165) is 18.5 Å². The maximum absolute atomic E-state index is 13.3. The molecule has 1 aromatic rings. The van der Waals surface area contributed by atoms with Gasteiger partial charge >= 0.3 is 0 Å². The summed E-state index contributed by atoms with van der Waals surface area (Å²) in [6.07, 6.45) is 1.27. The largest absolute Gasteiger partial charge is 0.388 e. The summed E-state index contributed by atoms with van der Waals surface area (Å²) in [6.45, 7) is 3.20. The van der Waals surface area contributed by atoms with E-state index in [1.165, 1.54) is 6.07 Å². The van der Waals surface area contributed by atoms with E-state index < -0.39 is 5.60 Å². The molecule has 82 valence electrons. The topological polar surface area (TPSA) is 32.3 Å². The van der Waals surface area contributed by atoms with Crippen LogP contribution in [0.15, 0.2) is 18.2 Å². The Morgan fingerprint density at radius 2 is 2.33 bits per heavy atom. The van der Waals surface area contributed by atoms with Crippen molar-refractivity contribution in [3.63, 3.8) is 0 Å². The highest BCUT2D eigenvalue weighted by molar-refractivity contribution is 5.29. The Morgan fingerprint density at radius 1 is 1.53 bits per heavy atom. The van der Waals surface area contributed by atoms with Crippen molar-refractivity contribution >= 4 is 0 Å². The molecule has 0 saturated carbocycles. The molecular weight excluding hydrogens is 193 g/mol. The van der Waals surface area contributed by atoms with E-state index in [1.54, 1.807) is 13.0 Å². The fourth-order valence-corrected chi connectivity index (χ4v) is 2.08. The lowest BCUT2D eigenvalue weighted by Crippen LogP contribution is -2.34. The molecular formula is C12H16FNO. The van der Waals surface area contributed by atoms with Gasteiger partial charge in [0.25, 0.3) is 0 Å². The minimum atomic E-state index is -0.696. The van der Waals surface area contributed by atoms with Gasteiger partial charge in [-0.25, -0.2) is 4.39 Å². The summed E-state index contributed by atoms with van der Waals surface area (Å²) < 4.78 is 13.3. The zero-order chi connectivity index (χ0) is 10.9. The molecule has 1 fully saturated rings. The predicted molar refractivity (Wildman–Crippen MR) is 57.3 cm³/mol. The van der Waals surface area contributed by atoms with Crippen molar-refractivity contribution in [1.82, 2.24) is 5.32 Å². The summed E-state index contributed by atoms with van der Waals surface area (Å²) in [4.78, 5) is 0. The molecule has 15 heavy (non-hydrogen) atoms. The Morgan fingerprint density at radius 3 is 3.00 bits per heavy atom. The molecule has 1 heterocycles. The first-order valence-corrected chi connectivity index (χ1v) is 5.28. The molecule has 1 aromatic carbocycles. The third kappa shape index (κ3) is 2.19. The van der Waals surface area contributed by atoms with E-state index in [0.29, 0.717) is 18.5 Å². The van der Waals surface area contributed by atoms with Crippen molar-refractivity contribution in [1.29, 1.82) is 0 Å². The van der Waals surface area contributed by atoms with Gasteiger partial charge in [0.2, 0.25) is 0 Å². The van der Waals surface area contributed by atoms with Crippen LogP contribution in [-0.4, -0.2) is 23.8 Å². The molecule has 1 unspecified atom stereocenters. The first kappa shape index (κ1) is 10.6. The predicted octanol–water partition coefficient (Wildman–Crippen LogP) is 1.40. The number of nitrogens with one attached hydrogen (secondary N) is 1. The number of benzene rings is 1. The molecule has 0 bridgehead atoms. The lowest BCUT2D eigenvalue weighted by Gasteiger charge is -2.22. The van der Waals surface area contributed by atoms with Gasteiger partial charge in [-0.3, -0.25) is 0 Å². The third-order valence-corrected chi connectivity index (χ3v) is 3.12. The van der Waals surface area contributed by atoms with E-state index in [4.69, 9.17) is 0 Å². The smallest absolute Gasteiger partial charge is 0.126 e. The van der Waals surface area contributed by atoms with Crippen LogP contribution in [0.1, 0.15) is 17.5 Å². The van der Waals surface area contributed by atoms with Gasteiger partial charge < -0.3 is 10.4 Å². The van der Waals surface area contributed by atoms with Crippen LogP contribution in [0, 0.1) is 12.7 Å². The van der Waals surface area contributed by atoms with Crippen molar-refractivity contribution in [3.05, 3.63) is 35.1 Å². The van der Waals surface area contributed by atoms with Crippen LogP contribution in [0.3, 0.4) is 0 Å². The molecule has 1 aliphatic rings. The molecule has 0 spiro atoms. The standard InChI is InChI=1S/C12H16FNO/c1-9-10(3-2-4-11(9)13)7-12(15)5-6-14-8-12/h2-4,14-15H,5-8H2,1H3. The lowest BCUT2D eigenvalue weighted by molar-refractivity contribution is 0.0616. The fourth-order valence-electron chi connectivity index (χ4n) is 2.08. The summed E-state index contributed by atoms with van der Waals surface area (Å²) in [7, 11) is 0. The summed E-state index contributed by atoms with van der Waals surface area (Å²) in [5.41, 5.74) is 0.859. The van der Waals surface area contributed by atoms with Gasteiger partial charge in [0, 0.05) is 13.0 Å². The summed E-state index contributed by atoms with van der Waals surface area (Å²) in [6, 6.07) is 5.04. The lowest BCUT2D eigenvalue weighted by atomic mass is 9.91. The van der Waals surface area contributed by atoms with Crippen LogP contribution in [-0.2, 0) is 6.42 Å². The van der Waals surface area contributed by atoms with Crippen molar-refractivity contribution in [2.45, 2.75) is 25.4 Å². The fraction of sp³-hybridized carbons (Fsp3) is 0.500. The Bertz CT molecular complexity index is 359. The highest BCUT2D eigenvalue weighted by atomic mass is 19.1. The molecule has 3 heteroatoms. The maximum Gasteiger partial charge on any atom is 0.126 e. The first-order chi connectivity index (χ1) is 7.11. The van der Waals surface area contributed by atoms with Crippen molar-refractivity contribution in [2.24, 2.45) is 0 Å². The molecule has 1 saturated heterocycles. The van der Waals surface area contributed by atoms with Crippen LogP contribution in [0.4, 0.5) is 4.39 Å². The van der Waals surface area contributed by atoms with Gasteiger partial charge in [0.1, 0.15) is 5.82 Å². The molecule has 0 aromatic heterocycles. The molecule has 2 N–H and O–H groups in total. The monoisotopic (exact) mass is 209 g/mol. The minimum absolute atomic E-state index is 0.193. The second-order valence-electron chi connectivity index (χ2n) is 4.35. The normalized spacial score (nSPS) is 25.8. The molecule has 0 aliphatic carbocycles. The SMILES string of the molecule is Cc1c(F)cccc1CC1(O)CCNC1. The number of aliphatic hydroxyl groups is 1. The number of hydrogen-bond donors (Lipinski definition) is 2. The molecule has 1 aliphatic heterocycles. The average molecular weight is 209 g/mol. The second-order valence-corrected chi connectivity index (χ2v) is 4.35. The van der Waals surface area contributed by atoms with Gasteiger partial charge in [-0.15, -0.1) is 0 Å². The molecule has 0 amide bonds. The van der Waals surface area contributed by atoms with Gasteiger partial charge in [0.15, 0.2) is 0 Å². The van der Waals surface area contributed by atoms with Gasteiger partial charge in [-0.1, -0.05) is 12.1 Å². The number of rotatable bonds is 2. The highest BCUT2D eigenvalue weighted by Crippen LogP contribution is 2.23. The van der Waals surface area contributed by atoms with Gasteiger partial charge in [-0.2, -0.15) is 0 Å². The van der Waals surface area contributed by atoms with Crippen molar-refractivity contribution in [3.8, 4) is 0 Å². The zero-order valence-corrected chi connectivity index (χ0v) is 8.89. The van der Waals surface area contributed by atoms with E-state index in [9.17, 15) is 9.50 Å². The zero-order valence-electron chi connectivity index (χ0n) is 8.89. The quantitative estimate of drug-likeness (QED) is 0.771. The first-order valence-electron chi connectivity index (χ1n) is 5.28. The number of β-amino-alcohol motifs (C(OH)–C–C–N with tert-alkyl or cyclic N) is 1. The minimum Gasteiger partial charge on any atom is -0.388 e. The maximum atomic E-state index is 13.3. The number of halogens is 1. The van der Waals surface area contributed by atoms with Crippen LogP contribution < -0.4 is 5.32 Å². The van der Waals surface area contributed by atoms with E-state index in [1.807, 2.05) is 6.07 Å². The van der Waals surface area contributed by atoms with Crippen LogP contribution in [0.25, 0.3) is 0 Å². The number of hydrogen-bond acceptors (Lipinski definition) is 2. The third-order valence-electron chi connectivity index (χ3n) is 3.12. The van der Waals surface area contributed by atoms with Crippen LogP contribution in [0.2, 0.25) is 0 Å². The Kier molecular flexibility index (Phi) is 2.76. The van der Waals surface area contributed by atoms with Gasteiger partial charge in [0.05, 0.1) is 5.60 Å². The second kappa shape index (κ2) is 3.91. The summed E-state index contributed by atoms with van der Waals surface area (Å²) >= 11 is 0. The van der Waals surface area contributed by atoms with Crippen LogP contribution in [0.5, 0.6) is 0 Å². The van der Waals surface area contributed by atoms with E-state index in [-0.39, 0.29) is 5.82 Å². The Hall–Kier alpha value is -0.930. The highest BCUT2D eigenvalue weighted by Gasteiger charge is 2.31. The summed E-state index contributed by atoms with van der Waals surface area (Å²) in [5, 5.41) is 13.3. The van der Waals surface area contributed by atoms with E-state index in [2.05, 4.69) is 5.32 Å². The molecule has 1 atom stereocenters. The Balaban J connectivity index is 2.20. The molecule has 2 nitrogen and oxygen atoms in total. The summed E-state index contributed by atoms with van der Waals surface area (Å²) in [5.74, 6) is -0.193. The average Bonchev–Trinajstić information content (AvgIpc) is 2.60. The van der Waals surface area contributed by atoms with Crippen molar-refractivity contribution < 1.29 is 9.50 Å². The van der Waals surface area contributed by atoms with Crippen LogP contribution >= 0.6 is 0 Å².